The third kappa shape index (κ3) is 3.49. The summed E-state index contributed by atoms with van der Waals surface area (Å²) in [5.41, 5.74) is 1.72. The zero-order valence-corrected chi connectivity index (χ0v) is 13.2. The van der Waals surface area contributed by atoms with Crippen LogP contribution in [0.3, 0.4) is 0 Å². The first kappa shape index (κ1) is 14.8. The summed E-state index contributed by atoms with van der Waals surface area (Å²) in [5.74, 6) is 5.18. The van der Waals surface area contributed by atoms with Gasteiger partial charge in [-0.25, -0.2) is 4.39 Å². The molecule has 0 bridgehead atoms. The minimum Gasteiger partial charge on any atom is -0.207 e. The van der Waals surface area contributed by atoms with Gasteiger partial charge in [0.1, 0.15) is 5.82 Å². The third-order valence-corrected chi connectivity index (χ3v) is 6.66. The molecule has 1 aliphatic rings. The fraction of sp³-hybridized carbons (Fsp3) is 0.500. The Morgan fingerprint density at radius 2 is 1.89 bits per heavy atom. The average molecular weight is 294 g/mol. The third-order valence-electron chi connectivity index (χ3n) is 3.54. The van der Waals surface area contributed by atoms with Gasteiger partial charge in [-0.3, -0.25) is 0 Å². The highest BCUT2D eigenvalue weighted by Crippen LogP contribution is 2.49. The fourth-order valence-corrected chi connectivity index (χ4v) is 5.79. The van der Waals surface area contributed by atoms with Crippen molar-refractivity contribution in [1.29, 1.82) is 0 Å². The van der Waals surface area contributed by atoms with Crippen molar-refractivity contribution in [3.05, 3.63) is 35.1 Å². The van der Waals surface area contributed by atoms with Crippen molar-refractivity contribution >= 4 is 23.5 Å². The Balaban J connectivity index is 2.08. The highest BCUT2D eigenvalue weighted by molar-refractivity contribution is 8.16. The number of hydrogen-bond acceptors (Lipinski definition) is 2. The lowest BCUT2D eigenvalue weighted by atomic mass is 9.83. The highest BCUT2D eigenvalue weighted by Gasteiger charge is 2.32. The zero-order chi connectivity index (χ0) is 14.0. The Bertz CT molecular complexity index is 488. The zero-order valence-electron chi connectivity index (χ0n) is 11.6. The van der Waals surface area contributed by atoms with Gasteiger partial charge < -0.3 is 0 Å². The molecule has 1 aromatic rings. The molecule has 0 aromatic heterocycles. The SMILES string of the molecule is C#Cc1ccc(C2SCC(C(C)(C)C)CS2)c(F)c1. The van der Waals surface area contributed by atoms with Crippen LogP contribution in [-0.4, -0.2) is 11.5 Å². The molecule has 1 fully saturated rings. The number of benzene rings is 1. The van der Waals surface area contributed by atoms with Crippen LogP contribution in [0.4, 0.5) is 4.39 Å². The summed E-state index contributed by atoms with van der Waals surface area (Å²) in [4.78, 5) is 0. The van der Waals surface area contributed by atoms with E-state index in [1.54, 1.807) is 0 Å². The number of halogens is 1. The molecular formula is C16H19FS2. The van der Waals surface area contributed by atoms with Crippen molar-refractivity contribution in [2.75, 3.05) is 11.5 Å². The van der Waals surface area contributed by atoms with Crippen LogP contribution in [0.15, 0.2) is 18.2 Å². The largest absolute Gasteiger partial charge is 0.207 e. The molecule has 0 N–H and O–H groups in total. The molecular weight excluding hydrogens is 275 g/mol. The van der Waals surface area contributed by atoms with Crippen LogP contribution >= 0.6 is 23.5 Å². The van der Waals surface area contributed by atoms with Crippen LogP contribution in [0.2, 0.25) is 0 Å². The molecule has 3 heteroatoms. The summed E-state index contributed by atoms with van der Waals surface area (Å²) in [6, 6.07) is 5.13. The predicted molar refractivity (Wildman–Crippen MR) is 84.9 cm³/mol. The molecule has 1 aliphatic heterocycles. The maximum atomic E-state index is 14.0. The second-order valence-corrected chi connectivity index (χ2v) is 8.52. The molecule has 19 heavy (non-hydrogen) atoms. The number of terminal acetylenes is 1. The Hall–Kier alpha value is -0.590. The molecule has 0 aliphatic carbocycles. The monoisotopic (exact) mass is 294 g/mol. The molecule has 1 saturated heterocycles. The van der Waals surface area contributed by atoms with Crippen molar-refractivity contribution in [2.24, 2.45) is 11.3 Å². The van der Waals surface area contributed by atoms with Gasteiger partial charge in [0, 0.05) is 11.1 Å². The quantitative estimate of drug-likeness (QED) is 0.672. The topological polar surface area (TPSA) is 0 Å². The van der Waals surface area contributed by atoms with E-state index in [0.717, 1.165) is 17.1 Å². The number of thioether (sulfide) groups is 2. The van der Waals surface area contributed by atoms with Gasteiger partial charge >= 0.3 is 0 Å². The number of hydrogen-bond donors (Lipinski definition) is 0. The summed E-state index contributed by atoms with van der Waals surface area (Å²) in [5, 5.41) is 0. The lowest BCUT2D eigenvalue weighted by molar-refractivity contribution is 0.292. The van der Waals surface area contributed by atoms with Gasteiger partial charge in [-0.05, 0) is 35.0 Å². The minimum atomic E-state index is -0.172. The van der Waals surface area contributed by atoms with E-state index in [0.29, 0.717) is 16.9 Å². The Kier molecular flexibility index (Phi) is 4.53. The highest BCUT2D eigenvalue weighted by atomic mass is 32.2. The lowest BCUT2D eigenvalue weighted by Crippen LogP contribution is -2.28. The van der Waals surface area contributed by atoms with Crippen LogP contribution in [0.1, 0.15) is 36.5 Å². The van der Waals surface area contributed by atoms with Crippen LogP contribution in [0.5, 0.6) is 0 Å². The molecule has 0 atom stereocenters. The van der Waals surface area contributed by atoms with Gasteiger partial charge in [-0.15, -0.1) is 29.9 Å². The predicted octanol–water partition coefficient (Wildman–Crippen LogP) is 4.95. The van der Waals surface area contributed by atoms with E-state index in [2.05, 4.69) is 26.7 Å². The minimum absolute atomic E-state index is 0.172. The molecule has 1 aromatic carbocycles. The van der Waals surface area contributed by atoms with Gasteiger partial charge in [0.25, 0.3) is 0 Å². The smallest absolute Gasteiger partial charge is 0.129 e. The Labute approximate surface area is 123 Å². The molecule has 0 saturated carbocycles. The van der Waals surface area contributed by atoms with E-state index in [1.807, 2.05) is 35.7 Å². The summed E-state index contributed by atoms with van der Waals surface area (Å²) in [7, 11) is 0. The summed E-state index contributed by atoms with van der Waals surface area (Å²) < 4.78 is 14.2. The van der Waals surface area contributed by atoms with Gasteiger partial charge in [0.05, 0.1) is 4.58 Å². The van der Waals surface area contributed by atoms with Gasteiger partial charge in [-0.2, -0.15) is 0 Å². The Morgan fingerprint density at radius 1 is 1.26 bits per heavy atom. The van der Waals surface area contributed by atoms with E-state index in [9.17, 15) is 4.39 Å². The first-order chi connectivity index (χ1) is 8.91. The van der Waals surface area contributed by atoms with Crippen molar-refractivity contribution in [1.82, 2.24) is 0 Å². The standard InChI is InChI=1S/C16H19FS2/c1-5-11-6-7-13(14(17)8-11)15-18-9-12(10-19-15)16(2,3)4/h1,6-8,12,15H,9-10H2,2-4H3. The number of rotatable bonds is 1. The average Bonchev–Trinajstić information content (AvgIpc) is 2.37. The van der Waals surface area contributed by atoms with Crippen LogP contribution in [0, 0.1) is 29.5 Å². The second kappa shape index (κ2) is 5.81. The van der Waals surface area contributed by atoms with E-state index in [-0.39, 0.29) is 10.4 Å². The van der Waals surface area contributed by atoms with E-state index >= 15 is 0 Å². The van der Waals surface area contributed by atoms with Gasteiger partial charge in [0.2, 0.25) is 0 Å². The second-order valence-electron chi connectivity index (χ2n) is 5.94. The van der Waals surface area contributed by atoms with E-state index in [1.165, 1.54) is 6.07 Å². The molecule has 0 radical (unpaired) electrons. The fourth-order valence-electron chi connectivity index (χ4n) is 1.99. The Morgan fingerprint density at radius 3 is 2.37 bits per heavy atom. The van der Waals surface area contributed by atoms with Crippen molar-refractivity contribution in [3.63, 3.8) is 0 Å². The van der Waals surface area contributed by atoms with Gasteiger partial charge in [-0.1, -0.05) is 32.8 Å². The van der Waals surface area contributed by atoms with Crippen LogP contribution in [-0.2, 0) is 0 Å². The van der Waals surface area contributed by atoms with Crippen LogP contribution in [0.25, 0.3) is 0 Å². The summed E-state index contributed by atoms with van der Waals surface area (Å²) in [6.45, 7) is 6.84. The van der Waals surface area contributed by atoms with Crippen molar-refractivity contribution < 1.29 is 4.39 Å². The normalized spacial score (nSPS) is 23.9. The summed E-state index contributed by atoms with van der Waals surface area (Å²) in [6.07, 6.45) is 5.29. The molecule has 102 valence electrons. The molecule has 0 unspecified atom stereocenters. The molecule has 0 amide bonds. The maximum Gasteiger partial charge on any atom is 0.129 e. The first-order valence-electron chi connectivity index (χ1n) is 6.41. The van der Waals surface area contributed by atoms with Gasteiger partial charge in [0.15, 0.2) is 0 Å². The van der Waals surface area contributed by atoms with Crippen molar-refractivity contribution in [3.8, 4) is 12.3 Å². The molecule has 0 nitrogen and oxygen atoms in total. The molecule has 2 rings (SSSR count). The molecule has 0 spiro atoms. The lowest BCUT2D eigenvalue weighted by Gasteiger charge is -2.36. The molecule has 1 heterocycles. The maximum absolute atomic E-state index is 14.0. The first-order valence-corrected chi connectivity index (χ1v) is 8.51. The van der Waals surface area contributed by atoms with Crippen LogP contribution < -0.4 is 0 Å². The van der Waals surface area contributed by atoms with E-state index in [4.69, 9.17) is 6.42 Å². The summed E-state index contributed by atoms with van der Waals surface area (Å²) >= 11 is 3.70. The van der Waals surface area contributed by atoms with E-state index < -0.39 is 0 Å². The van der Waals surface area contributed by atoms with Crippen molar-refractivity contribution in [2.45, 2.75) is 25.4 Å².